The van der Waals surface area contributed by atoms with Gasteiger partial charge in [-0.05, 0) is 36.8 Å². The van der Waals surface area contributed by atoms with E-state index in [0.717, 1.165) is 0 Å². The topological polar surface area (TPSA) is 162 Å². The first-order valence-electron chi connectivity index (χ1n) is 15.0. The van der Waals surface area contributed by atoms with Crippen LogP contribution in [0.5, 0.6) is 11.5 Å². The van der Waals surface area contributed by atoms with Crippen LogP contribution in [0.4, 0.5) is 10.1 Å². The number of anilines is 1. The minimum absolute atomic E-state index is 0.0668. The number of primary amides is 1. The van der Waals surface area contributed by atoms with Gasteiger partial charge in [0, 0.05) is 41.3 Å². The maximum absolute atomic E-state index is 14.3. The number of methoxy groups -OCH3 is 1. The Kier molecular flexibility index (Phi) is 8.57. The molecule has 2 atom stereocenters. The molecule has 3 aromatic carbocycles. The third-order valence-corrected chi connectivity index (χ3v) is 9.58. The van der Waals surface area contributed by atoms with Gasteiger partial charge < -0.3 is 31.4 Å². The van der Waals surface area contributed by atoms with E-state index in [1.807, 2.05) is 0 Å². The van der Waals surface area contributed by atoms with E-state index in [-0.39, 0.29) is 57.3 Å². The maximum atomic E-state index is 14.3. The van der Waals surface area contributed by atoms with E-state index in [1.165, 1.54) is 25.5 Å². The molecule has 0 unspecified atom stereocenters. The number of carbonyl (C=O) groups excluding carboxylic acids is 2. The van der Waals surface area contributed by atoms with Crippen LogP contribution in [0.2, 0.25) is 10.0 Å². The molecule has 10 nitrogen and oxygen atoms in total. The van der Waals surface area contributed by atoms with Crippen LogP contribution in [0.25, 0.3) is 11.3 Å². The predicted molar refractivity (Wildman–Crippen MR) is 182 cm³/mol. The number of amides is 2. The minimum Gasteiger partial charge on any atom is -0.495 e. The zero-order chi connectivity index (χ0) is 34.4. The van der Waals surface area contributed by atoms with Gasteiger partial charge in [-0.2, -0.15) is 0 Å². The number of aromatic nitrogens is 1. The van der Waals surface area contributed by atoms with Gasteiger partial charge >= 0.3 is 0 Å². The van der Waals surface area contributed by atoms with Crippen molar-refractivity contribution in [3.63, 3.8) is 0 Å². The van der Waals surface area contributed by atoms with E-state index in [0.29, 0.717) is 35.1 Å². The number of carbonyl (C=O) groups is 2. The fraction of sp³-hybridized carbons (Fsp3) is 0.257. The Labute approximate surface area is 285 Å². The van der Waals surface area contributed by atoms with Crippen LogP contribution in [0.15, 0.2) is 71.7 Å². The molecule has 48 heavy (non-hydrogen) atoms. The van der Waals surface area contributed by atoms with Crippen LogP contribution in [-0.4, -0.2) is 54.2 Å². The fourth-order valence-electron chi connectivity index (χ4n) is 5.51. The number of fused-ring (bicyclic) bond motifs is 1. The van der Waals surface area contributed by atoms with Crippen molar-refractivity contribution in [3.05, 3.63) is 105 Å². The summed E-state index contributed by atoms with van der Waals surface area (Å²) >= 11 is 13.0. The van der Waals surface area contributed by atoms with E-state index in [1.54, 1.807) is 61.5 Å². The fourth-order valence-corrected chi connectivity index (χ4v) is 5.90. The lowest BCUT2D eigenvalue weighted by Gasteiger charge is -2.30. The molecule has 2 aliphatic rings. The van der Waals surface area contributed by atoms with Gasteiger partial charge in [0.25, 0.3) is 5.91 Å². The summed E-state index contributed by atoms with van der Waals surface area (Å²) in [4.78, 5) is 35.3. The largest absolute Gasteiger partial charge is 0.495 e. The maximum Gasteiger partial charge on any atom is 0.251 e. The molecule has 1 aromatic heterocycles. The van der Waals surface area contributed by atoms with Crippen molar-refractivity contribution in [2.24, 2.45) is 10.7 Å². The van der Waals surface area contributed by atoms with Crippen molar-refractivity contribution in [1.82, 2.24) is 10.3 Å². The Morgan fingerprint density at radius 2 is 1.90 bits per heavy atom. The Bertz CT molecular complexity index is 1970. The second-order valence-electron chi connectivity index (χ2n) is 12.1. The molecule has 0 bridgehead atoms. The monoisotopic (exact) mass is 691 g/mol. The molecule has 1 saturated carbocycles. The van der Waals surface area contributed by atoms with Crippen LogP contribution in [0.1, 0.15) is 52.5 Å². The normalized spacial score (nSPS) is 18.9. The highest BCUT2D eigenvalue weighted by Crippen LogP contribution is 2.48. The third kappa shape index (κ3) is 5.93. The molecular formula is C35H32Cl2FN5O5. The highest BCUT2D eigenvalue weighted by Gasteiger charge is 2.46. The number of rotatable bonds is 10. The van der Waals surface area contributed by atoms with Crippen LogP contribution in [-0.2, 0) is 15.8 Å². The molecule has 2 heterocycles. The number of pyridine rings is 1. The molecule has 1 fully saturated rings. The van der Waals surface area contributed by atoms with Crippen LogP contribution < -0.4 is 26.3 Å². The van der Waals surface area contributed by atoms with Crippen LogP contribution >= 0.6 is 23.2 Å². The zero-order valence-electron chi connectivity index (χ0n) is 26.0. The molecule has 0 spiro atoms. The van der Waals surface area contributed by atoms with Gasteiger partial charge in [-0.3, -0.25) is 14.6 Å². The summed E-state index contributed by atoms with van der Waals surface area (Å²) in [6.07, 6.45) is 1.91. The lowest BCUT2D eigenvalue weighted by atomic mass is 9.80. The molecule has 0 radical (unpaired) electrons. The number of aliphatic imine (C=N–C) groups is 1. The summed E-state index contributed by atoms with van der Waals surface area (Å²) in [5, 5.41) is 15.8. The van der Waals surface area contributed by atoms with Crippen molar-refractivity contribution in [2.75, 3.05) is 26.0 Å². The zero-order valence-corrected chi connectivity index (χ0v) is 27.5. The molecule has 2 amide bonds. The predicted octanol–water partition coefficient (Wildman–Crippen LogP) is 5.33. The summed E-state index contributed by atoms with van der Waals surface area (Å²) < 4.78 is 25.6. The number of hydrogen-bond acceptors (Lipinski definition) is 8. The highest BCUT2D eigenvalue weighted by molar-refractivity contribution is 6.43. The molecule has 248 valence electrons. The molecule has 0 saturated heterocycles. The summed E-state index contributed by atoms with van der Waals surface area (Å²) in [7, 11) is 1.40. The molecule has 6 rings (SSSR count). The van der Waals surface area contributed by atoms with E-state index >= 15 is 0 Å². The third-order valence-electron chi connectivity index (χ3n) is 8.76. The number of ether oxygens (including phenoxy) is 2. The summed E-state index contributed by atoms with van der Waals surface area (Å²) in [5.41, 5.74) is 10.9. The standard InChI is InChI=1S/C35H32Cl2FN5O5/c1-33(32(40)45)18-48-30-23(33)15-26(43-29(30)22-9-6-10-24(36)27(22)37)35(46,21-7-4-3-5-8-21)17-41-31(44)19-13-20(16-42-34(38)11-12-34)28(39)25(14-19)47-2/h3-10,13-16,46H,11-12,17-18,39H2,1-2H3,(H2,40,45)(H,41,44)/b42-16+/t33-,35+/m0/s1. The Hall–Kier alpha value is -4.71. The van der Waals surface area contributed by atoms with Gasteiger partial charge in [0.2, 0.25) is 5.91 Å². The highest BCUT2D eigenvalue weighted by atomic mass is 35.5. The lowest BCUT2D eigenvalue weighted by molar-refractivity contribution is -0.123. The smallest absolute Gasteiger partial charge is 0.251 e. The van der Waals surface area contributed by atoms with Gasteiger partial charge in [-0.1, -0.05) is 65.7 Å². The van der Waals surface area contributed by atoms with Crippen molar-refractivity contribution in [2.45, 2.75) is 36.6 Å². The number of nitrogen functional groups attached to an aromatic ring is 1. The average Bonchev–Trinajstić information content (AvgIpc) is 3.72. The van der Waals surface area contributed by atoms with Crippen molar-refractivity contribution >= 4 is 46.9 Å². The molecule has 1 aliphatic heterocycles. The lowest BCUT2D eigenvalue weighted by Crippen LogP contribution is -2.43. The van der Waals surface area contributed by atoms with E-state index in [4.69, 9.17) is 49.1 Å². The van der Waals surface area contributed by atoms with E-state index in [9.17, 15) is 19.1 Å². The first-order chi connectivity index (χ1) is 22.8. The molecule has 13 heteroatoms. The van der Waals surface area contributed by atoms with Crippen molar-refractivity contribution in [1.29, 1.82) is 0 Å². The van der Waals surface area contributed by atoms with Crippen LogP contribution in [0, 0.1) is 0 Å². The molecular weight excluding hydrogens is 660 g/mol. The Morgan fingerprint density at radius 3 is 2.56 bits per heavy atom. The number of aliphatic hydroxyl groups is 1. The Morgan fingerprint density at radius 1 is 1.17 bits per heavy atom. The Balaban J connectivity index is 1.45. The number of benzene rings is 3. The second-order valence-corrected chi connectivity index (χ2v) is 12.9. The summed E-state index contributed by atoms with van der Waals surface area (Å²) in [6, 6.07) is 18.1. The van der Waals surface area contributed by atoms with Crippen molar-refractivity contribution in [3.8, 4) is 22.8 Å². The minimum atomic E-state index is -1.96. The SMILES string of the molecule is COc1cc(C(=O)NC[C@@](O)(c2ccccc2)c2cc3c(c(-c4cccc(Cl)c4Cl)n2)OC[C@]3(C)C(N)=O)cc(/C=N/C2(F)CC2)c1N. The van der Waals surface area contributed by atoms with Gasteiger partial charge in [0.05, 0.1) is 35.1 Å². The molecule has 6 N–H and O–H groups in total. The van der Waals surface area contributed by atoms with E-state index < -0.39 is 28.6 Å². The second kappa shape index (κ2) is 12.4. The van der Waals surface area contributed by atoms with Gasteiger partial charge in [0.1, 0.15) is 34.8 Å². The molecule has 4 aromatic rings. The number of halogens is 3. The van der Waals surface area contributed by atoms with Crippen molar-refractivity contribution < 1.29 is 28.6 Å². The number of nitrogens with two attached hydrogens (primary N) is 2. The number of alkyl halides is 1. The van der Waals surface area contributed by atoms with Gasteiger partial charge in [-0.25, -0.2) is 9.37 Å². The number of nitrogens with one attached hydrogen (secondary N) is 1. The molecule has 1 aliphatic carbocycles. The quantitative estimate of drug-likeness (QED) is 0.0993. The number of hydrogen-bond donors (Lipinski definition) is 4. The first-order valence-corrected chi connectivity index (χ1v) is 15.8. The average molecular weight is 693 g/mol. The summed E-state index contributed by atoms with van der Waals surface area (Å²) in [6.45, 7) is 1.20. The number of nitrogens with zero attached hydrogens (tertiary/aromatic N) is 2. The van der Waals surface area contributed by atoms with E-state index in [2.05, 4.69) is 10.3 Å². The van der Waals surface area contributed by atoms with Crippen LogP contribution in [0.3, 0.4) is 0 Å². The first kappa shape index (κ1) is 33.2. The summed E-state index contributed by atoms with van der Waals surface area (Å²) in [5.74, 6) is -2.40. The van der Waals surface area contributed by atoms with Gasteiger partial charge in [0.15, 0.2) is 5.79 Å². The van der Waals surface area contributed by atoms with Gasteiger partial charge in [-0.15, -0.1) is 0 Å².